The van der Waals surface area contributed by atoms with E-state index in [2.05, 4.69) is 32.6 Å². The molecule has 0 radical (unpaired) electrons. The van der Waals surface area contributed by atoms with Crippen LogP contribution in [0.25, 0.3) is 0 Å². The molecule has 4 heteroatoms. The fraction of sp³-hybridized carbons (Fsp3) is 0.571. The van der Waals surface area contributed by atoms with Crippen molar-refractivity contribution in [1.82, 2.24) is 0 Å². The minimum absolute atomic E-state index is 0.0176. The summed E-state index contributed by atoms with van der Waals surface area (Å²) < 4.78 is 12.7. The fourth-order valence-corrected chi connectivity index (χ4v) is 4.98. The zero-order valence-corrected chi connectivity index (χ0v) is 15.5. The lowest BCUT2D eigenvalue weighted by Crippen LogP contribution is -2.31. The Labute approximate surface area is 148 Å². The third-order valence-corrected chi connectivity index (χ3v) is 6.25. The molecule has 4 nitrogen and oxygen atoms in total. The van der Waals surface area contributed by atoms with Gasteiger partial charge in [-0.1, -0.05) is 13.8 Å². The summed E-state index contributed by atoms with van der Waals surface area (Å²) >= 11 is 0. The van der Waals surface area contributed by atoms with Gasteiger partial charge in [-0.05, 0) is 25.7 Å². The van der Waals surface area contributed by atoms with Crippen molar-refractivity contribution in [3.63, 3.8) is 0 Å². The van der Waals surface area contributed by atoms with E-state index in [0.717, 1.165) is 53.3 Å². The van der Waals surface area contributed by atoms with Crippen LogP contribution < -0.4 is 14.4 Å². The van der Waals surface area contributed by atoms with Crippen LogP contribution in [0.4, 0.5) is 5.69 Å². The molecule has 1 atom stereocenters. The molecule has 4 aliphatic rings. The molecule has 1 fully saturated rings. The van der Waals surface area contributed by atoms with Gasteiger partial charge in [-0.25, -0.2) is 0 Å². The molecule has 0 saturated carbocycles. The molecule has 0 amide bonds. The number of ether oxygens (including phenoxy) is 2. The Balaban J connectivity index is 1.64. The van der Waals surface area contributed by atoms with E-state index in [-0.39, 0.29) is 17.4 Å². The molecule has 0 aromatic heterocycles. The lowest BCUT2D eigenvalue weighted by Gasteiger charge is -2.36. The summed E-state index contributed by atoms with van der Waals surface area (Å²) in [5.41, 5.74) is 5.54. The van der Waals surface area contributed by atoms with Gasteiger partial charge < -0.3 is 14.4 Å². The van der Waals surface area contributed by atoms with Gasteiger partial charge in [0.15, 0.2) is 12.0 Å². The van der Waals surface area contributed by atoms with Crippen molar-refractivity contribution >= 4 is 11.5 Å². The van der Waals surface area contributed by atoms with Gasteiger partial charge in [-0.2, -0.15) is 0 Å². The van der Waals surface area contributed by atoms with Crippen LogP contribution in [0.15, 0.2) is 11.3 Å². The summed E-state index contributed by atoms with van der Waals surface area (Å²) in [6.07, 6.45) is 4.58. The van der Waals surface area contributed by atoms with Crippen molar-refractivity contribution in [3.05, 3.63) is 28.0 Å². The van der Waals surface area contributed by atoms with Crippen LogP contribution in [0.3, 0.4) is 0 Å². The molecular formula is C21H25NO3. The molecule has 1 aromatic rings. The number of ketones is 1. The predicted molar refractivity (Wildman–Crippen MR) is 96.3 cm³/mol. The number of nitrogens with zero attached hydrogens (tertiary/aromatic N) is 1. The molecule has 0 spiro atoms. The molecule has 25 heavy (non-hydrogen) atoms. The number of hydrogen-bond acceptors (Lipinski definition) is 4. The van der Waals surface area contributed by atoms with Crippen LogP contribution in [0.1, 0.15) is 56.2 Å². The molecule has 1 aliphatic carbocycles. The van der Waals surface area contributed by atoms with E-state index < -0.39 is 0 Å². The maximum absolute atomic E-state index is 12.7. The standard InChI is InChI=1S/C21H25NO3/c1-11-13-8-14-15(23)9-21(3,4)10-16(14)24-19(13)12(2)18-20(11)25-17-6-5-7-22(17)18/h17H,5-10H2,1-4H3. The van der Waals surface area contributed by atoms with E-state index >= 15 is 0 Å². The average Bonchev–Trinajstić information content (AvgIpc) is 3.11. The highest BCUT2D eigenvalue weighted by Crippen LogP contribution is 2.53. The molecule has 1 unspecified atom stereocenters. The van der Waals surface area contributed by atoms with Crippen molar-refractivity contribution in [2.24, 2.45) is 5.41 Å². The van der Waals surface area contributed by atoms with Gasteiger partial charge >= 0.3 is 0 Å². The van der Waals surface area contributed by atoms with Gasteiger partial charge in [-0.3, -0.25) is 4.79 Å². The Bertz CT molecular complexity index is 849. The summed E-state index contributed by atoms with van der Waals surface area (Å²) in [7, 11) is 0. The van der Waals surface area contributed by atoms with Crippen LogP contribution in [0.5, 0.6) is 11.5 Å². The van der Waals surface area contributed by atoms with Crippen molar-refractivity contribution in [1.29, 1.82) is 0 Å². The minimum atomic E-state index is -0.0176. The average molecular weight is 339 g/mol. The largest absolute Gasteiger partial charge is 0.468 e. The SMILES string of the molecule is Cc1c2c(c(C)c3c1OC1CCCN31)OC1=C(C2)C(=O)CC(C)(C)C1. The van der Waals surface area contributed by atoms with E-state index in [1.54, 1.807) is 0 Å². The van der Waals surface area contributed by atoms with Crippen molar-refractivity contribution in [2.45, 2.75) is 66.0 Å². The second-order valence-corrected chi connectivity index (χ2v) is 8.77. The first-order chi connectivity index (χ1) is 11.9. The number of rotatable bonds is 0. The molecule has 3 aliphatic heterocycles. The molecule has 1 aromatic carbocycles. The number of benzene rings is 1. The summed E-state index contributed by atoms with van der Waals surface area (Å²) in [6, 6.07) is 0. The number of anilines is 1. The van der Waals surface area contributed by atoms with Gasteiger partial charge in [0.2, 0.25) is 0 Å². The number of carbonyl (C=O) groups is 1. The van der Waals surface area contributed by atoms with Crippen molar-refractivity contribution < 1.29 is 14.3 Å². The third kappa shape index (κ3) is 2.03. The number of fused-ring (bicyclic) bond motifs is 4. The maximum Gasteiger partial charge on any atom is 0.172 e. The normalized spacial score (nSPS) is 25.8. The second-order valence-electron chi connectivity index (χ2n) is 8.77. The van der Waals surface area contributed by atoms with Crippen molar-refractivity contribution in [3.8, 4) is 11.5 Å². The van der Waals surface area contributed by atoms with Crippen LogP contribution >= 0.6 is 0 Å². The first-order valence-electron chi connectivity index (χ1n) is 9.38. The molecule has 132 valence electrons. The van der Waals surface area contributed by atoms with Crippen LogP contribution in [0, 0.1) is 19.3 Å². The highest BCUT2D eigenvalue weighted by atomic mass is 16.5. The summed E-state index contributed by atoms with van der Waals surface area (Å²) in [4.78, 5) is 15.1. The van der Waals surface area contributed by atoms with Crippen molar-refractivity contribution in [2.75, 3.05) is 11.4 Å². The Morgan fingerprint density at radius 1 is 1.12 bits per heavy atom. The van der Waals surface area contributed by atoms with Crippen LogP contribution in [-0.2, 0) is 11.2 Å². The molecular weight excluding hydrogens is 314 g/mol. The van der Waals surface area contributed by atoms with Gasteiger partial charge in [0, 0.05) is 54.5 Å². The Morgan fingerprint density at radius 2 is 1.92 bits per heavy atom. The van der Waals surface area contributed by atoms with Crippen LogP contribution in [-0.4, -0.2) is 18.6 Å². The highest BCUT2D eigenvalue weighted by Gasteiger charge is 2.42. The molecule has 0 N–H and O–H groups in total. The quantitative estimate of drug-likeness (QED) is 0.710. The molecule has 0 bridgehead atoms. The highest BCUT2D eigenvalue weighted by molar-refractivity contribution is 5.98. The summed E-state index contributed by atoms with van der Waals surface area (Å²) in [5.74, 6) is 3.12. The molecule has 5 rings (SSSR count). The smallest absolute Gasteiger partial charge is 0.172 e. The Kier molecular flexibility index (Phi) is 2.94. The molecule has 3 heterocycles. The zero-order chi connectivity index (χ0) is 17.5. The van der Waals surface area contributed by atoms with Crippen LogP contribution in [0.2, 0.25) is 0 Å². The van der Waals surface area contributed by atoms with E-state index in [9.17, 15) is 4.79 Å². The van der Waals surface area contributed by atoms with Gasteiger partial charge in [0.05, 0.1) is 5.69 Å². The van der Waals surface area contributed by atoms with Gasteiger partial charge in [-0.15, -0.1) is 0 Å². The predicted octanol–water partition coefficient (Wildman–Crippen LogP) is 4.20. The fourth-order valence-electron chi connectivity index (χ4n) is 4.98. The summed E-state index contributed by atoms with van der Waals surface area (Å²) in [6.45, 7) is 9.61. The van der Waals surface area contributed by atoms with E-state index in [1.165, 1.54) is 17.7 Å². The lowest BCUT2D eigenvalue weighted by atomic mass is 9.74. The number of carbonyl (C=O) groups excluding carboxylic acids is 1. The number of Topliss-reactive ketones (excluding diaryl/α,β-unsaturated/α-hetero) is 1. The molecule has 1 saturated heterocycles. The Morgan fingerprint density at radius 3 is 2.72 bits per heavy atom. The van der Waals surface area contributed by atoms with E-state index in [4.69, 9.17) is 9.47 Å². The first-order valence-corrected chi connectivity index (χ1v) is 9.38. The lowest BCUT2D eigenvalue weighted by molar-refractivity contribution is -0.118. The number of hydrogen-bond donors (Lipinski definition) is 0. The topological polar surface area (TPSA) is 38.8 Å². The van der Waals surface area contributed by atoms with E-state index in [0.29, 0.717) is 12.8 Å². The monoisotopic (exact) mass is 339 g/mol. The zero-order valence-electron chi connectivity index (χ0n) is 15.5. The first kappa shape index (κ1) is 15.3. The van der Waals surface area contributed by atoms with E-state index in [1.807, 2.05) is 0 Å². The minimum Gasteiger partial charge on any atom is -0.468 e. The second kappa shape index (κ2) is 4.80. The summed E-state index contributed by atoms with van der Waals surface area (Å²) in [5, 5.41) is 0. The Hall–Kier alpha value is -1.97. The maximum atomic E-state index is 12.7. The van der Waals surface area contributed by atoms with Gasteiger partial charge in [0.25, 0.3) is 0 Å². The third-order valence-electron chi connectivity index (χ3n) is 6.25. The van der Waals surface area contributed by atoms with Gasteiger partial charge in [0.1, 0.15) is 17.3 Å². The number of allylic oxidation sites excluding steroid dienone is 2.